The minimum absolute atomic E-state index is 0.293. The summed E-state index contributed by atoms with van der Waals surface area (Å²) < 4.78 is 16.6. The maximum absolute atomic E-state index is 5.86. The van der Waals surface area contributed by atoms with Crippen LogP contribution in [0.15, 0.2) is 35.5 Å². The maximum Gasteiger partial charge on any atom is 0.0881 e. The number of methoxy groups -OCH3 is 1. The fraction of sp³-hybridized carbons (Fsp3) is 0.625. The topological polar surface area (TPSA) is 27.7 Å². The molecule has 0 N–H and O–H groups in total. The van der Waals surface area contributed by atoms with E-state index in [1.807, 2.05) is 0 Å². The van der Waals surface area contributed by atoms with Crippen LogP contribution < -0.4 is 0 Å². The number of hydrogen-bond donors (Lipinski definition) is 0. The molecular weight excluding hydrogens is 240 g/mol. The van der Waals surface area contributed by atoms with Crippen molar-refractivity contribution in [2.45, 2.75) is 25.9 Å². The maximum atomic E-state index is 5.86. The molecule has 1 fully saturated rings. The van der Waals surface area contributed by atoms with Gasteiger partial charge in [-0.1, -0.05) is 12.2 Å². The van der Waals surface area contributed by atoms with E-state index in [9.17, 15) is 0 Å². The molecule has 3 heteroatoms. The normalized spacial score (nSPS) is 26.9. The third kappa shape index (κ3) is 3.16. The van der Waals surface area contributed by atoms with Crippen LogP contribution in [-0.4, -0.2) is 39.6 Å². The van der Waals surface area contributed by atoms with Gasteiger partial charge in [0.15, 0.2) is 0 Å². The van der Waals surface area contributed by atoms with Crippen LogP contribution in [0.25, 0.3) is 0 Å². The SMILES string of the molecule is C=CCOC/C=C(\C)C1=C(COC)C2OCCCC12. The molecule has 106 valence electrons. The molecule has 0 saturated carbocycles. The van der Waals surface area contributed by atoms with Crippen LogP contribution >= 0.6 is 0 Å². The highest BCUT2D eigenvalue weighted by atomic mass is 16.5. The third-order valence-electron chi connectivity index (χ3n) is 3.85. The first kappa shape index (κ1) is 14.5. The van der Waals surface area contributed by atoms with E-state index in [1.165, 1.54) is 23.1 Å². The highest BCUT2D eigenvalue weighted by molar-refractivity contribution is 5.48. The number of rotatable bonds is 7. The van der Waals surface area contributed by atoms with Gasteiger partial charge in [-0.25, -0.2) is 0 Å². The zero-order valence-corrected chi connectivity index (χ0v) is 12.0. The summed E-state index contributed by atoms with van der Waals surface area (Å²) in [6.07, 6.45) is 6.60. The lowest BCUT2D eigenvalue weighted by Gasteiger charge is -2.45. The second-order valence-corrected chi connectivity index (χ2v) is 5.13. The number of hydrogen-bond acceptors (Lipinski definition) is 3. The molecule has 0 amide bonds. The van der Waals surface area contributed by atoms with E-state index in [0.717, 1.165) is 13.0 Å². The van der Waals surface area contributed by atoms with Gasteiger partial charge in [0.1, 0.15) is 0 Å². The molecule has 3 nitrogen and oxygen atoms in total. The molecule has 1 saturated heterocycles. The average Bonchev–Trinajstić information content (AvgIpc) is 2.41. The van der Waals surface area contributed by atoms with Crippen LogP contribution in [0.4, 0.5) is 0 Å². The van der Waals surface area contributed by atoms with Crippen LogP contribution in [0.3, 0.4) is 0 Å². The molecule has 0 spiro atoms. The number of ether oxygens (including phenoxy) is 3. The second kappa shape index (κ2) is 7.04. The molecule has 0 aromatic carbocycles. The fourth-order valence-electron chi connectivity index (χ4n) is 3.02. The molecule has 1 heterocycles. The van der Waals surface area contributed by atoms with Gasteiger partial charge in [-0.15, -0.1) is 6.58 Å². The lowest BCUT2D eigenvalue weighted by atomic mass is 9.68. The van der Waals surface area contributed by atoms with Crippen molar-refractivity contribution >= 4 is 0 Å². The Hall–Kier alpha value is -0.900. The van der Waals surface area contributed by atoms with E-state index >= 15 is 0 Å². The summed E-state index contributed by atoms with van der Waals surface area (Å²) >= 11 is 0. The minimum atomic E-state index is 0.293. The Morgan fingerprint density at radius 1 is 1.47 bits per heavy atom. The van der Waals surface area contributed by atoms with Crippen molar-refractivity contribution in [3.63, 3.8) is 0 Å². The first-order valence-corrected chi connectivity index (χ1v) is 6.98. The van der Waals surface area contributed by atoms with E-state index in [0.29, 0.717) is 31.8 Å². The van der Waals surface area contributed by atoms with Crippen molar-refractivity contribution in [3.05, 3.63) is 35.5 Å². The van der Waals surface area contributed by atoms with E-state index in [4.69, 9.17) is 14.2 Å². The first-order chi connectivity index (χ1) is 9.29. The summed E-state index contributed by atoms with van der Waals surface area (Å²) in [6, 6.07) is 0. The lowest BCUT2D eigenvalue weighted by molar-refractivity contribution is -0.0196. The van der Waals surface area contributed by atoms with Crippen molar-refractivity contribution in [3.8, 4) is 0 Å². The predicted octanol–water partition coefficient (Wildman–Crippen LogP) is 2.89. The summed E-state index contributed by atoms with van der Waals surface area (Å²) in [5.41, 5.74) is 4.07. The molecule has 0 aromatic rings. The van der Waals surface area contributed by atoms with Crippen molar-refractivity contribution < 1.29 is 14.2 Å². The van der Waals surface area contributed by atoms with Crippen LogP contribution in [-0.2, 0) is 14.2 Å². The molecular formula is C16H24O3. The average molecular weight is 264 g/mol. The van der Waals surface area contributed by atoms with Gasteiger partial charge in [-0.05, 0) is 36.5 Å². The van der Waals surface area contributed by atoms with Crippen LogP contribution in [0.2, 0.25) is 0 Å². The number of allylic oxidation sites excluding steroid dienone is 1. The van der Waals surface area contributed by atoms with Gasteiger partial charge >= 0.3 is 0 Å². The summed E-state index contributed by atoms with van der Waals surface area (Å²) in [4.78, 5) is 0. The monoisotopic (exact) mass is 264 g/mol. The summed E-state index contributed by atoms with van der Waals surface area (Å²) in [7, 11) is 1.74. The van der Waals surface area contributed by atoms with Crippen molar-refractivity contribution in [1.29, 1.82) is 0 Å². The van der Waals surface area contributed by atoms with E-state index < -0.39 is 0 Å². The van der Waals surface area contributed by atoms with Crippen molar-refractivity contribution in [1.82, 2.24) is 0 Å². The summed E-state index contributed by atoms with van der Waals surface area (Å²) in [5, 5.41) is 0. The highest BCUT2D eigenvalue weighted by Crippen LogP contribution is 2.46. The Morgan fingerprint density at radius 2 is 2.32 bits per heavy atom. The molecule has 19 heavy (non-hydrogen) atoms. The zero-order chi connectivity index (χ0) is 13.7. The summed E-state index contributed by atoms with van der Waals surface area (Å²) in [5.74, 6) is 0.564. The second-order valence-electron chi connectivity index (χ2n) is 5.13. The Labute approximate surface area is 115 Å². The van der Waals surface area contributed by atoms with Crippen LogP contribution in [0, 0.1) is 5.92 Å². The van der Waals surface area contributed by atoms with Crippen molar-refractivity contribution in [2.75, 3.05) is 33.5 Å². The molecule has 0 bridgehead atoms. The third-order valence-corrected chi connectivity index (χ3v) is 3.85. The van der Waals surface area contributed by atoms with E-state index in [1.54, 1.807) is 13.2 Å². The smallest absolute Gasteiger partial charge is 0.0881 e. The lowest BCUT2D eigenvalue weighted by Crippen LogP contribution is -2.43. The molecule has 2 unspecified atom stereocenters. The van der Waals surface area contributed by atoms with E-state index in [-0.39, 0.29) is 0 Å². The molecule has 0 radical (unpaired) electrons. The Balaban J connectivity index is 2.05. The standard InChI is InChI=1S/C16H24O3/c1-4-8-18-10-7-12(2)15-13-6-5-9-19-16(13)14(15)11-17-3/h4,7,13,16H,1,5-6,8-11H2,2-3H3/b12-7+. The molecule has 1 aliphatic carbocycles. The van der Waals surface area contributed by atoms with Crippen molar-refractivity contribution in [2.24, 2.45) is 5.92 Å². The molecule has 2 atom stereocenters. The summed E-state index contributed by atoms with van der Waals surface area (Å²) in [6.45, 7) is 8.60. The molecule has 2 rings (SSSR count). The molecule has 0 aromatic heterocycles. The molecule has 1 aliphatic heterocycles. The van der Waals surface area contributed by atoms with E-state index in [2.05, 4.69) is 19.6 Å². The Kier molecular flexibility index (Phi) is 5.37. The van der Waals surface area contributed by atoms with Gasteiger partial charge in [0, 0.05) is 19.6 Å². The van der Waals surface area contributed by atoms with Gasteiger partial charge in [0.2, 0.25) is 0 Å². The largest absolute Gasteiger partial charge is 0.380 e. The highest BCUT2D eigenvalue weighted by Gasteiger charge is 2.42. The molecule has 2 aliphatic rings. The Bertz CT molecular complexity index is 381. The quantitative estimate of drug-likeness (QED) is 0.523. The van der Waals surface area contributed by atoms with Gasteiger partial charge in [-0.3, -0.25) is 0 Å². The zero-order valence-electron chi connectivity index (χ0n) is 12.0. The van der Waals surface area contributed by atoms with Gasteiger partial charge in [0.05, 0.1) is 25.9 Å². The van der Waals surface area contributed by atoms with Gasteiger partial charge < -0.3 is 14.2 Å². The van der Waals surface area contributed by atoms with Gasteiger partial charge in [0.25, 0.3) is 0 Å². The van der Waals surface area contributed by atoms with Gasteiger partial charge in [-0.2, -0.15) is 0 Å². The first-order valence-electron chi connectivity index (χ1n) is 6.98. The fourth-order valence-corrected chi connectivity index (χ4v) is 3.02. The van der Waals surface area contributed by atoms with Crippen LogP contribution in [0.5, 0.6) is 0 Å². The van der Waals surface area contributed by atoms with Crippen LogP contribution in [0.1, 0.15) is 19.8 Å². The number of fused-ring (bicyclic) bond motifs is 1. The predicted molar refractivity (Wildman–Crippen MR) is 76.1 cm³/mol. The minimum Gasteiger partial charge on any atom is -0.380 e. The Morgan fingerprint density at radius 3 is 3.05 bits per heavy atom.